The molecule has 0 aromatic heterocycles. The van der Waals surface area contributed by atoms with Gasteiger partial charge in [-0.15, -0.1) is 0 Å². The number of ether oxygens (including phenoxy) is 1. The summed E-state index contributed by atoms with van der Waals surface area (Å²) in [5.41, 5.74) is 1.12. The zero-order valence-corrected chi connectivity index (χ0v) is 12.6. The van der Waals surface area contributed by atoms with Crippen LogP contribution in [-0.2, 0) is 0 Å². The molecule has 0 radical (unpaired) electrons. The lowest BCUT2D eigenvalue weighted by molar-refractivity contribution is 0.483. The molecule has 0 unspecified atom stereocenters. The molecule has 0 bridgehead atoms. The molecule has 3 rings (SSSR count). The lowest BCUT2D eigenvalue weighted by Crippen LogP contribution is -2.29. The van der Waals surface area contributed by atoms with Gasteiger partial charge in [0, 0.05) is 23.3 Å². The first-order valence-electron chi connectivity index (χ1n) is 7.30. The summed E-state index contributed by atoms with van der Waals surface area (Å²) in [7, 11) is 0. The predicted molar refractivity (Wildman–Crippen MR) is 87.5 cm³/mol. The van der Waals surface area contributed by atoms with Crippen LogP contribution in [0.3, 0.4) is 0 Å². The molecule has 2 aromatic rings. The molecule has 1 aliphatic heterocycles. The quantitative estimate of drug-likeness (QED) is 0.864. The fourth-order valence-electron chi connectivity index (χ4n) is 2.45. The Bertz CT molecular complexity index is 562. The first-order chi connectivity index (χ1) is 10.3. The molecule has 4 heteroatoms. The van der Waals surface area contributed by atoms with Crippen molar-refractivity contribution in [3.63, 3.8) is 0 Å². The highest BCUT2D eigenvalue weighted by atomic mass is 35.5. The normalized spacial score (nSPS) is 17.7. The van der Waals surface area contributed by atoms with Crippen molar-refractivity contribution >= 4 is 17.3 Å². The van der Waals surface area contributed by atoms with Gasteiger partial charge in [-0.25, -0.2) is 0 Å². The zero-order chi connectivity index (χ0) is 14.5. The fourth-order valence-corrected chi connectivity index (χ4v) is 2.58. The third kappa shape index (κ3) is 4.13. The van der Waals surface area contributed by atoms with Gasteiger partial charge in [-0.2, -0.15) is 0 Å². The molecule has 110 valence electrons. The van der Waals surface area contributed by atoms with E-state index in [2.05, 4.69) is 10.6 Å². The predicted octanol–water partition coefficient (Wildman–Crippen LogP) is 4.30. The van der Waals surface area contributed by atoms with E-state index >= 15 is 0 Å². The van der Waals surface area contributed by atoms with Crippen molar-refractivity contribution in [3.8, 4) is 11.5 Å². The number of anilines is 1. The van der Waals surface area contributed by atoms with Crippen LogP contribution in [0.25, 0.3) is 0 Å². The molecule has 0 spiro atoms. The second-order valence-electron chi connectivity index (χ2n) is 5.25. The van der Waals surface area contributed by atoms with Crippen LogP contribution in [0.2, 0.25) is 5.02 Å². The average molecular weight is 303 g/mol. The monoisotopic (exact) mass is 302 g/mol. The van der Waals surface area contributed by atoms with Crippen LogP contribution >= 0.6 is 11.6 Å². The lowest BCUT2D eigenvalue weighted by Gasteiger charge is -2.13. The lowest BCUT2D eigenvalue weighted by atomic mass is 10.2. The molecule has 1 atom stereocenters. The molecule has 1 aliphatic rings. The topological polar surface area (TPSA) is 33.3 Å². The minimum Gasteiger partial charge on any atom is -0.457 e. The fraction of sp³-hybridized carbons (Fsp3) is 0.294. The van der Waals surface area contributed by atoms with Gasteiger partial charge in [-0.1, -0.05) is 11.6 Å². The molecule has 1 fully saturated rings. The van der Waals surface area contributed by atoms with Crippen LogP contribution in [0.1, 0.15) is 12.8 Å². The van der Waals surface area contributed by atoms with Gasteiger partial charge in [0.1, 0.15) is 11.5 Å². The van der Waals surface area contributed by atoms with E-state index in [0.29, 0.717) is 11.1 Å². The van der Waals surface area contributed by atoms with Gasteiger partial charge in [0.25, 0.3) is 0 Å². The summed E-state index contributed by atoms with van der Waals surface area (Å²) < 4.78 is 5.77. The number of hydrogen-bond donors (Lipinski definition) is 2. The molecule has 21 heavy (non-hydrogen) atoms. The minimum atomic E-state index is 0.593. The Hall–Kier alpha value is -1.71. The second kappa shape index (κ2) is 6.83. The summed E-state index contributed by atoms with van der Waals surface area (Å²) in [5, 5.41) is 7.64. The van der Waals surface area contributed by atoms with E-state index in [1.165, 1.54) is 12.8 Å². The molecule has 0 aliphatic carbocycles. The Labute approximate surface area is 130 Å². The summed E-state index contributed by atoms with van der Waals surface area (Å²) in [6.45, 7) is 2.11. The van der Waals surface area contributed by atoms with E-state index in [1.54, 1.807) is 0 Å². The number of rotatable bonds is 5. The van der Waals surface area contributed by atoms with Gasteiger partial charge in [-0.3, -0.25) is 0 Å². The van der Waals surface area contributed by atoms with Crippen LogP contribution in [0, 0.1) is 0 Å². The third-order valence-electron chi connectivity index (χ3n) is 3.62. The van der Waals surface area contributed by atoms with E-state index in [9.17, 15) is 0 Å². The summed E-state index contributed by atoms with van der Waals surface area (Å²) >= 11 is 5.86. The highest BCUT2D eigenvalue weighted by Gasteiger charge is 2.12. The van der Waals surface area contributed by atoms with Crippen molar-refractivity contribution in [1.82, 2.24) is 5.32 Å². The molecule has 1 heterocycles. The van der Waals surface area contributed by atoms with Crippen molar-refractivity contribution in [3.05, 3.63) is 53.6 Å². The van der Waals surface area contributed by atoms with Gasteiger partial charge in [0.15, 0.2) is 0 Å². The van der Waals surface area contributed by atoms with Crippen LogP contribution in [0.5, 0.6) is 11.5 Å². The molecule has 2 aromatic carbocycles. The van der Waals surface area contributed by atoms with Crippen LogP contribution in [0.4, 0.5) is 5.69 Å². The Kier molecular flexibility index (Phi) is 4.63. The smallest absolute Gasteiger partial charge is 0.127 e. The largest absolute Gasteiger partial charge is 0.457 e. The molecule has 3 nitrogen and oxygen atoms in total. The third-order valence-corrected chi connectivity index (χ3v) is 3.87. The Balaban J connectivity index is 1.54. The van der Waals surface area contributed by atoms with E-state index < -0.39 is 0 Å². The highest BCUT2D eigenvalue weighted by molar-refractivity contribution is 6.30. The molecule has 2 N–H and O–H groups in total. The summed E-state index contributed by atoms with van der Waals surface area (Å²) in [6.07, 6.45) is 2.53. The molecular weight excluding hydrogens is 284 g/mol. The van der Waals surface area contributed by atoms with Crippen molar-refractivity contribution in [2.75, 3.05) is 18.4 Å². The van der Waals surface area contributed by atoms with Gasteiger partial charge in [0.2, 0.25) is 0 Å². The van der Waals surface area contributed by atoms with E-state index in [1.807, 2.05) is 48.5 Å². The summed E-state index contributed by atoms with van der Waals surface area (Å²) in [4.78, 5) is 0. The Morgan fingerprint density at radius 2 is 1.71 bits per heavy atom. The van der Waals surface area contributed by atoms with E-state index in [-0.39, 0.29) is 0 Å². The van der Waals surface area contributed by atoms with Gasteiger partial charge in [-0.05, 0) is 67.9 Å². The molecule has 0 amide bonds. The van der Waals surface area contributed by atoms with Crippen molar-refractivity contribution in [2.24, 2.45) is 0 Å². The SMILES string of the molecule is Clc1ccc(Oc2ccc(NC[C@@H]3CCCN3)cc2)cc1. The number of nitrogens with one attached hydrogen (secondary N) is 2. The van der Waals surface area contributed by atoms with Crippen LogP contribution < -0.4 is 15.4 Å². The number of halogens is 1. The Morgan fingerprint density at radius 3 is 2.33 bits per heavy atom. The highest BCUT2D eigenvalue weighted by Crippen LogP contribution is 2.24. The van der Waals surface area contributed by atoms with Gasteiger partial charge in [0.05, 0.1) is 0 Å². The minimum absolute atomic E-state index is 0.593. The maximum absolute atomic E-state index is 5.86. The second-order valence-corrected chi connectivity index (χ2v) is 5.69. The van der Waals surface area contributed by atoms with Crippen LogP contribution in [0.15, 0.2) is 48.5 Å². The van der Waals surface area contributed by atoms with Crippen molar-refractivity contribution in [2.45, 2.75) is 18.9 Å². The molecule has 1 saturated heterocycles. The van der Waals surface area contributed by atoms with Crippen molar-refractivity contribution < 1.29 is 4.74 Å². The standard InChI is InChI=1S/C17H19ClN2O/c18-13-3-7-16(8-4-13)21-17-9-5-14(6-10-17)20-12-15-2-1-11-19-15/h3-10,15,19-20H,1-2,11-12H2/t15-/m0/s1. The maximum Gasteiger partial charge on any atom is 0.127 e. The summed E-state index contributed by atoms with van der Waals surface area (Å²) in [6, 6.07) is 16.0. The number of hydrogen-bond acceptors (Lipinski definition) is 3. The Morgan fingerprint density at radius 1 is 1.05 bits per heavy atom. The number of benzene rings is 2. The van der Waals surface area contributed by atoms with E-state index in [4.69, 9.17) is 16.3 Å². The van der Waals surface area contributed by atoms with Crippen molar-refractivity contribution in [1.29, 1.82) is 0 Å². The van der Waals surface area contributed by atoms with Gasteiger partial charge >= 0.3 is 0 Å². The first-order valence-corrected chi connectivity index (χ1v) is 7.68. The molecule has 0 saturated carbocycles. The molecular formula is C17H19ClN2O. The maximum atomic E-state index is 5.86. The van der Waals surface area contributed by atoms with Gasteiger partial charge < -0.3 is 15.4 Å². The van der Waals surface area contributed by atoms with Crippen LogP contribution in [-0.4, -0.2) is 19.1 Å². The summed E-state index contributed by atoms with van der Waals surface area (Å²) in [5.74, 6) is 1.61. The zero-order valence-electron chi connectivity index (χ0n) is 11.8. The van der Waals surface area contributed by atoms with E-state index in [0.717, 1.165) is 30.3 Å². The first kappa shape index (κ1) is 14.2. The average Bonchev–Trinajstić information content (AvgIpc) is 3.02.